The number of phenolic OH excluding ortho intramolecular Hbond substituents is 1. The van der Waals surface area contributed by atoms with Gasteiger partial charge < -0.3 is 10.8 Å². The van der Waals surface area contributed by atoms with E-state index in [4.69, 9.17) is 5.73 Å². The Bertz CT molecular complexity index is 865. The van der Waals surface area contributed by atoms with Crippen LogP contribution in [0.3, 0.4) is 0 Å². The number of carbonyl (C=O) groups is 1. The number of hydrogen-bond acceptors (Lipinski definition) is 4. The summed E-state index contributed by atoms with van der Waals surface area (Å²) in [5.41, 5.74) is 7.10. The first-order valence-electron chi connectivity index (χ1n) is 8.03. The Kier molecular flexibility index (Phi) is 4.66. The highest BCUT2D eigenvalue weighted by atomic mass is 16.3. The molecule has 4 N–H and O–H groups in total. The van der Waals surface area contributed by atoms with E-state index in [1.54, 1.807) is 24.3 Å². The average Bonchev–Trinajstić information content (AvgIpc) is 3.44. The topological polar surface area (TPSA) is 111 Å². The standard InChI is InChI=1S/C19H18N4O2/c20-10-14-8-9-15(24)17(16(14)13-4-2-1-3-5-13)18(25)23-19(21)22-11-12-6-7-12/h1-5,8-9,12,24H,6-7,11H2,(H3,21,22,23,25). The molecule has 6 heteroatoms. The minimum Gasteiger partial charge on any atom is -0.507 e. The van der Waals surface area contributed by atoms with Crippen LogP contribution in [0, 0.1) is 17.2 Å². The fourth-order valence-electron chi connectivity index (χ4n) is 2.57. The number of nitriles is 1. The fraction of sp³-hybridized carbons (Fsp3) is 0.211. The second-order valence-electron chi connectivity index (χ2n) is 5.98. The maximum absolute atomic E-state index is 12.7. The number of phenols is 1. The molecule has 0 spiro atoms. The lowest BCUT2D eigenvalue weighted by Crippen LogP contribution is -2.37. The molecule has 0 saturated heterocycles. The van der Waals surface area contributed by atoms with E-state index in [2.05, 4.69) is 16.4 Å². The van der Waals surface area contributed by atoms with E-state index < -0.39 is 5.91 Å². The van der Waals surface area contributed by atoms with Crippen molar-refractivity contribution in [3.8, 4) is 22.9 Å². The summed E-state index contributed by atoms with van der Waals surface area (Å²) in [4.78, 5) is 16.8. The van der Waals surface area contributed by atoms with Gasteiger partial charge in [0, 0.05) is 12.1 Å². The largest absolute Gasteiger partial charge is 0.507 e. The summed E-state index contributed by atoms with van der Waals surface area (Å²) in [6.45, 7) is 0.585. The molecule has 2 aromatic carbocycles. The first kappa shape index (κ1) is 16.5. The molecule has 126 valence electrons. The van der Waals surface area contributed by atoms with Gasteiger partial charge >= 0.3 is 0 Å². The van der Waals surface area contributed by atoms with Gasteiger partial charge in [0.2, 0.25) is 0 Å². The SMILES string of the molecule is N#Cc1ccc(O)c(C(=O)NC(N)=NCC2CC2)c1-c1ccccc1. The van der Waals surface area contributed by atoms with Crippen LogP contribution in [0.15, 0.2) is 47.5 Å². The third kappa shape index (κ3) is 3.78. The Morgan fingerprint density at radius 1 is 1.28 bits per heavy atom. The van der Waals surface area contributed by atoms with E-state index in [0.717, 1.165) is 12.8 Å². The molecule has 0 atom stereocenters. The van der Waals surface area contributed by atoms with Gasteiger partial charge in [-0.2, -0.15) is 5.26 Å². The van der Waals surface area contributed by atoms with Crippen LogP contribution in [0.2, 0.25) is 0 Å². The van der Waals surface area contributed by atoms with Crippen LogP contribution in [-0.4, -0.2) is 23.5 Å². The molecule has 0 unspecified atom stereocenters. The Hall–Kier alpha value is -3.33. The van der Waals surface area contributed by atoms with Gasteiger partial charge in [-0.1, -0.05) is 30.3 Å². The summed E-state index contributed by atoms with van der Waals surface area (Å²) in [7, 11) is 0. The number of nitrogens with one attached hydrogen (secondary N) is 1. The van der Waals surface area contributed by atoms with Crippen molar-refractivity contribution in [3.05, 3.63) is 53.6 Å². The van der Waals surface area contributed by atoms with Crippen molar-refractivity contribution in [2.75, 3.05) is 6.54 Å². The van der Waals surface area contributed by atoms with Crippen molar-refractivity contribution in [3.63, 3.8) is 0 Å². The molecule has 1 amide bonds. The smallest absolute Gasteiger partial charge is 0.262 e. The van der Waals surface area contributed by atoms with Crippen LogP contribution >= 0.6 is 0 Å². The monoisotopic (exact) mass is 334 g/mol. The summed E-state index contributed by atoms with van der Waals surface area (Å²) in [5.74, 6) is -0.251. The van der Waals surface area contributed by atoms with E-state index in [-0.39, 0.29) is 17.3 Å². The summed E-state index contributed by atoms with van der Waals surface area (Å²) in [5, 5.41) is 22.1. The van der Waals surface area contributed by atoms with Gasteiger partial charge in [0.1, 0.15) is 5.75 Å². The molecule has 3 rings (SSSR count). The summed E-state index contributed by atoms with van der Waals surface area (Å²) >= 11 is 0. The Balaban J connectivity index is 1.98. The normalized spacial score (nSPS) is 14.0. The fourth-order valence-corrected chi connectivity index (χ4v) is 2.57. The van der Waals surface area contributed by atoms with E-state index in [1.807, 2.05) is 6.07 Å². The average molecular weight is 334 g/mol. The number of benzene rings is 2. The summed E-state index contributed by atoms with van der Waals surface area (Å²) in [6, 6.07) is 13.9. The molecule has 0 bridgehead atoms. The highest BCUT2D eigenvalue weighted by molar-refractivity contribution is 6.11. The molecule has 6 nitrogen and oxygen atoms in total. The van der Waals surface area contributed by atoms with Gasteiger partial charge in [-0.25, -0.2) is 0 Å². The van der Waals surface area contributed by atoms with Crippen molar-refractivity contribution in [2.24, 2.45) is 16.6 Å². The molecule has 0 radical (unpaired) electrons. The predicted molar refractivity (Wildman–Crippen MR) is 94.9 cm³/mol. The molecule has 1 aliphatic rings. The third-order valence-electron chi connectivity index (χ3n) is 4.05. The minimum absolute atomic E-state index is 0.00909. The van der Waals surface area contributed by atoms with Crippen LogP contribution in [0.5, 0.6) is 5.75 Å². The number of rotatable bonds is 4. The van der Waals surface area contributed by atoms with Crippen molar-refractivity contribution in [1.29, 1.82) is 5.26 Å². The van der Waals surface area contributed by atoms with Crippen molar-refractivity contribution in [2.45, 2.75) is 12.8 Å². The second kappa shape index (κ2) is 7.05. The molecule has 0 aliphatic heterocycles. The maximum atomic E-state index is 12.7. The van der Waals surface area contributed by atoms with Gasteiger partial charge in [-0.3, -0.25) is 15.1 Å². The van der Waals surface area contributed by atoms with Crippen LogP contribution < -0.4 is 11.1 Å². The minimum atomic E-state index is -0.592. The van der Waals surface area contributed by atoms with Gasteiger partial charge in [-0.05, 0) is 36.5 Å². The molecule has 0 aromatic heterocycles. The van der Waals surface area contributed by atoms with Gasteiger partial charge in [0.05, 0.1) is 17.2 Å². The molecule has 1 fully saturated rings. The van der Waals surface area contributed by atoms with E-state index in [0.29, 0.717) is 29.2 Å². The summed E-state index contributed by atoms with van der Waals surface area (Å²) in [6.07, 6.45) is 2.27. The van der Waals surface area contributed by atoms with Crippen molar-refractivity contribution < 1.29 is 9.90 Å². The number of guanidine groups is 1. The number of nitrogens with two attached hydrogens (primary N) is 1. The summed E-state index contributed by atoms with van der Waals surface area (Å²) < 4.78 is 0. The van der Waals surface area contributed by atoms with Crippen LogP contribution in [0.4, 0.5) is 0 Å². The van der Waals surface area contributed by atoms with Gasteiger partial charge in [0.25, 0.3) is 5.91 Å². The quantitative estimate of drug-likeness (QED) is 0.588. The molecule has 25 heavy (non-hydrogen) atoms. The van der Waals surface area contributed by atoms with Crippen LogP contribution in [-0.2, 0) is 0 Å². The van der Waals surface area contributed by atoms with E-state index in [9.17, 15) is 15.2 Å². The van der Waals surface area contributed by atoms with Crippen LogP contribution in [0.1, 0.15) is 28.8 Å². The second-order valence-corrected chi connectivity index (χ2v) is 5.98. The zero-order chi connectivity index (χ0) is 17.8. The maximum Gasteiger partial charge on any atom is 0.262 e. The molecular weight excluding hydrogens is 316 g/mol. The van der Waals surface area contributed by atoms with Crippen molar-refractivity contribution in [1.82, 2.24) is 5.32 Å². The lowest BCUT2D eigenvalue weighted by Gasteiger charge is -2.13. The molecular formula is C19H18N4O2. The molecule has 2 aromatic rings. The zero-order valence-electron chi connectivity index (χ0n) is 13.6. The van der Waals surface area contributed by atoms with Gasteiger partial charge in [0.15, 0.2) is 5.96 Å². The first-order valence-corrected chi connectivity index (χ1v) is 8.03. The lowest BCUT2D eigenvalue weighted by molar-refractivity contribution is 0.0974. The Morgan fingerprint density at radius 3 is 2.64 bits per heavy atom. The Labute approximate surface area is 145 Å². The third-order valence-corrected chi connectivity index (χ3v) is 4.05. The number of aliphatic imine (C=N–C) groups is 1. The number of carbonyl (C=O) groups excluding carboxylic acids is 1. The number of nitrogens with zero attached hydrogens (tertiary/aromatic N) is 2. The zero-order valence-corrected chi connectivity index (χ0v) is 13.6. The first-order chi connectivity index (χ1) is 12.1. The Morgan fingerprint density at radius 2 is 2.00 bits per heavy atom. The van der Waals surface area contributed by atoms with Crippen LogP contribution in [0.25, 0.3) is 11.1 Å². The lowest BCUT2D eigenvalue weighted by atomic mass is 9.93. The molecule has 0 heterocycles. The number of aromatic hydroxyl groups is 1. The van der Waals surface area contributed by atoms with E-state index in [1.165, 1.54) is 12.1 Å². The van der Waals surface area contributed by atoms with Gasteiger partial charge in [-0.15, -0.1) is 0 Å². The number of hydrogen-bond donors (Lipinski definition) is 3. The highest BCUT2D eigenvalue weighted by Crippen LogP contribution is 2.33. The van der Waals surface area contributed by atoms with E-state index >= 15 is 0 Å². The molecule has 1 saturated carbocycles. The molecule has 1 aliphatic carbocycles. The number of amides is 1. The highest BCUT2D eigenvalue weighted by Gasteiger charge is 2.23. The predicted octanol–water partition coefficient (Wildman–Crippen LogP) is 2.39. The van der Waals surface area contributed by atoms with Crippen molar-refractivity contribution >= 4 is 11.9 Å².